The number of amides is 1. The van der Waals surface area contributed by atoms with Crippen LogP contribution in [0.3, 0.4) is 0 Å². The second kappa shape index (κ2) is 3.46. The number of hydrogen-bond acceptors (Lipinski definition) is 3. The van der Waals surface area contributed by atoms with Gasteiger partial charge in [0, 0.05) is 37.8 Å². The molecule has 15 heavy (non-hydrogen) atoms. The van der Waals surface area contributed by atoms with Crippen molar-refractivity contribution in [1.82, 2.24) is 9.80 Å². The van der Waals surface area contributed by atoms with Crippen LogP contribution in [0.25, 0.3) is 0 Å². The molecule has 0 unspecified atom stereocenters. The fourth-order valence-electron chi connectivity index (χ4n) is 2.13. The van der Waals surface area contributed by atoms with E-state index >= 15 is 0 Å². The lowest BCUT2D eigenvalue weighted by Crippen LogP contribution is -2.65. The molecule has 2 rings (SSSR count). The normalized spacial score (nSPS) is 24.9. The second-order valence-electron chi connectivity index (χ2n) is 5.78. The summed E-state index contributed by atoms with van der Waals surface area (Å²) in [6.45, 7) is 9.89. The third-order valence-electron chi connectivity index (χ3n) is 3.40. The molecule has 86 valence electrons. The van der Waals surface area contributed by atoms with E-state index in [1.807, 2.05) is 4.90 Å². The van der Waals surface area contributed by atoms with Gasteiger partial charge >= 0.3 is 0 Å². The highest BCUT2D eigenvalue weighted by atomic mass is 16.2. The quantitative estimate of drug-likeness (QED) is 0.658. The predicted molar refractivity (Wildman–Crippen MR) is 59.4 cm³/mol. The van der Waals surface area contributed by atoms with Gasteiger partial charge in [0.2, 0.25) is 5.91 Å². The molecular weight excluding hydrogens is 190 g/mol. The zero-order chi connectivity index (χ0) is 11.2. The first-order valence-corrected chi connectivity index (χ1v) is 5.67. The molecule has 0 atom stereocenters. The molecule has 0 aromatic carbocycles. The molecule has 2 N–H and O–H groups in total. The number of nitrogens with two attached hydrogens (primary N) is 1. The maximum Gasteiger partial charge on any atom is 0.228 e. The Bertz CT molecular complexity index is 259. The van der Waals surface area contributed by atoms with Gasteiger partial charge in [-0.25, -0.2) is 0 Å². The third kappa shape index (κ3) is 2.01. The summed E-state index contributed by atoms with van der Waals surface area (Å²) in [7, 11) is 0. The average molecular weight is 211 g/mol. The zero-order valence-electron chi connectivity index (χ0n) is 9.86. The van der Waals surface area contributed by atoms with E-state index in [1.165, 1.54) is 0 Å². The van der Waals surface area contributed by atoms with Crippen molar-refractivity contribution in [1.29, 1.82) is 0 Å². The Hall–Kier alpha value is -0.610. The summed E-state index contributed by atoms with van der Waals surface area (Å²) in [6, 6.07) is 0.216. The van der Waals surface area contributed by atoms with Crippen LogP contribution >= 0.6 is 0 Å². The minimum atomic E-state index is 0.197. The molecule has 0 radical (unpaired) electrons. The Balaban J connectivity index is 1.77. The van der Waals surface area contributed by atoms with Crippen LogP contribution in [0.4, 0.5) is 0 Å². The SMILES string of the molecule is CC(C)(C)N1CC(C(=O)N2CC(N)C2)C1. The largest absolute Gasteiger partial charge is 0.339 e. The van der Waals surface area contributed by atoms with Gasteiger partial charge in [0.1, 0.15) is 0 Å². The Morgan fingerprint density at radius 3 is 2.13 bits per heavy atom. The van der Waals surface area contributed by atoms with Gasteiger partial charge in [0.05, 0.1) is 5.92 Å². The van der Waals surface area contributed by atoms with E-state index in [9.17, 15) is 4.79 Å². The van der Waals surface area contributed by atoms with Crippen LogP contribution in [-0.4, -0.2) is 53.5 Å². The summed E-state index contributed by atoms with van der Waals surface area (Å²) >= 11 is 0. The first-order valence-electron chi connectivity index (χ1n) is 5.67. The summed E-state index contributed by atoms with van der Waals surface area (Å²) in [6.07, 6.45) is 0. The van der Waals surface area contributed by atoms with E-state index < -0.39 is 0 Å². The third-order valence-corrected chi connectivity index (χ3v) is 3.40. The van der Waals surface area contributed by atoms with Crippen molar-refractivity contribution in [2.24, 2.45) is 11.7 Å². The van der Waals surface area contributed by atoms with Crippen LogP contribution in [0, 0.1) is 5.92 Å². The van der Waals surface area contributed by atoms with Crippen molar-refractivity contribution in [2.75, 3.05) is 26.2 Å². The Labute approximate surface area is 91.4 Å². The van der Waals surface area contributed by atoms with Crippen LogP contribution in [0.15, 0.2) is 0 Å². The van der Waals surface area contributed by atoms with E-state index in [0.717, 1.165) is 26.2 Å². The first kappa shape index (κ1) is 10.9. The molecule has 0 saturated carbocycles. The van der Waals surface area contributed by atoms with Gasteiger partial charge in [-0.1, -0.05) is 0 Å². The lowest BCUT2D eigenvalue weighted by molar-refractivity contribution is -0.148. The van der Waals surface area contributed by atoms with Crippen LogP contribution in [0.2, 0.25) is 0 Å². The minimum absolute atomic E-state index is 0.197. The molecule has 2 aliphatic rings. The van der Waals surface area contributed by atoms with Crippen molar-refractivity contribution >= 4 is 5.91 Å². The topological polar surface area (TPSA) is 49.6 Å². The van der Waals surface area contributed by atoms with Crippen molar-refractivity contribution in [3.8, 4) is 0 Å². The molecule has 0 aliphatic carbocycles. The molecule has 1 amide bonds. The van der Waals surface area contributed by atoms with Crippen molar-refractivity contribution in [3.05, 3.63) is 0 Å². The smallest absolute Gasteiger partial charge is 0.228 e. The van der Waals surface area contributed by atoms with Crippen LogP contribution in [-0.2, 0) is 4.79 Å². The van der Waals surface area contributed by atoms with Gasteiger partial charge in [-0.05, 0) is 20.8 Å². The van der Waals surface area contributed by atoms with E-state index in [1.54, 1.807) is 0 Å². The van der Waals surface area contributed by atoms with E-state index in [2.05, 4.69) is 25.7 Å². The van der Waals surface area contributed by atoms with Gasteiger partial charge in [0.25, 0.3) is 0 Å². The maximum absolute atomic E-state index is 11.9. The number of carbonyl (C=O) groups is 1. The van der Waals surface area contributed by atoms with E-state index in [4.69, 9.17) is 5.73 Å². The average Bonchev–Trinajstić information content (AvgIpc) is 1.92. The molecule has 0 bridgehead atoms. The number of nitrogens with zero attached hydrogens (tertiary/aromatic N) is 2. The molecule has 2 heterocycles. The molecule has 0 aromatic heterocycles. The fraction of sp³-hybridized carbons (Fsp3) is 0.909. The van der Waals surface area contributed by atoms with E-state index in [0.29, 0.717) is 5.91 Å². The van der Waals surface area contributed by atoms with Crippen LogP contribution < -0.4 is 5.73 Å². The summed E-state index contributed by atoms with van der Waals surface area (Å²) < 4.78 is 0. The Kier molecular flexibility index (Phi) is 2.51. The van der Waals surface area contributed by atoms with Crippen molar-refractivity contribution in [2.45, 2.75) is 32.4 Å². The van der Waals surface area contributed by atoms with Crippen LogP contribution in [0.5, 0.6) is 0 Å². The number of carbonyl (C=O) groups excluding carboxylic acids is 1. The van der Waals surface area contributed by atoms with Crippen molar-refractivity contribution < 1.29 is 4.79 Å². The monoisotopic (exact) mass is 211 g/mol. The number of hydrogen-bond donors (Lipinski definition) is 1. The van der Waals surface area contributed by atoms with Gasteiger partial charge in [-0.15, -0.1) is 0 Å². The van der Waals surface area contributed by atoms with Gasteiger partial charge in [-0.3, -0.25) is 9.69 Å². The molecule has 4 nitrogen and oxygen atoms in total. The van der Waals surface area contributed by atoms with Gasteiger partial charge in [-0.2, -0.15) is 0 Å². The summed E-state index contributed by atoms with van der Waals surface area (Å²) in [5.41, 5.74) is 5.86. The number of likely N-dealkylation sites (tertiary alicyclic amines) is 2. The lowest BCUT2D eigenvalue weighted by atomic mass is 9.90. The molecule has 2 fully saturated rings. The lowest BCUT2D eigenvalue weighted by Gasteiger charge is -2.49. The molecular formula is C11H21N3O. The van der Waals surface area contributed by atoms with E-state index in [-0.39, 0.29) is 17.5 Å². The highest BCUT2D eigenvalue weighted by molar-refractivity contribution is 5.81. The molecule has 2 aliphatic heterocycles. The van der Waals surface area contributed by atoms with Crippen molar-refractivity contribution in [3.63, 3.8) is 0 Å². The minimum Gasteiger partial charge on any atom is -0.339 e. The summed E-state index contributed by atoms with van der Waals surface area (Å²) in [4.78, 5) is 16.1. The molecule has 0 spiro atoms. The summed E-state index contributed by atoms with van der Waals surface area (Å²) in [5, 5.41) is 0. The first-order chi connectivity index (χ1) is 6.88. The highest BCUT2D eigenvalue weighted by Gasteiger charge is 2.42. The molecule has 0 aromatic rings. The van der Waals surface area contributed by atoms with Crippen LogP contribution in [0.1, 0.15) is 20.8 Å². The van der Waals surface area contributed by atoms with Gasteiger partial charge in [0.15, 0.2) is 0 Å². The summed E-state index contributed by atoms with van der Waals surface area (Å²) in [5.74, 6) is 0.522. The maximum atomic E-state index is 11.9. The molecule has 2 saturated heterocycles. The Morgan fingerprint density at radius 1 is 1.20 bits per heavy atom. The standard InChI is InChI=1S/C11H21N3O/c1-11(2,3)14-4-8(5-14)10(15)13-6-9(12)7-13/h8-9H,4-7,12H2,1-3H3. The van der Waals surface area contributed by atoms with Gasteiger partial charge < -0.3 is 10.6 Å². The highest BCUT2D eigenvalue weighted by Crippen LogP contribution is 2.27. The predicted octanol–water partition coefficient (Wildman–Crippen LogP) is -0.114. The number of rotatable bonds is 1. The second-order valence-corrected chi connectivity index (χ2v) is 5.78. The fourth-order valence-corrected chi connectivity index (χ4v) is 2.13. The zero-order valence-corrected chi connectivity index (χ0v) is 9.86. The Morgan fingerprint density at radius 2 is 1.73 bits per heavy atom. The molecule has 4 heteroatoms.